The van der Waals surface area contributed by atoms with Crippen LogP contribution in [0.15, 0.2) is 0 Å². The lowest BCUT2D eigenvalue weighted by Crippen LogP contribution is -2.41. The Kier molecular flexibility index (Phi) is 6.58. The van der Waals surface area contributed by atoms with Crippen LogP contribution in [0.1, 0.15) is 40.5 Å². The summed E-state index contributed by atoms with van der Waals surface area (Å²) in [5, 5.41) is 6.15. The maximum Gasteiger partial charge on any atom is 0.407 e. The van der Waals surface area contributed by atoms with Crippen LogP contribution in [0.2, 0.25) is 0 Å². The highest BCUT2D eigenvalue weighted by molar-refractivity contribution is 5.67. The summed E-state index contributed by atoms with van der Waals surface area (Å²) in [5.41, 5.74) is -0.428. The van der Waals surface area contributed by atoms with E-state index in [1.54, 1.807) is 0 Å². The highest BCUT2D eigenvalue weighted by Crippen LogP contribution is 2.15. The van der Waals surface area contributed by atoms with Crippen LogP contribution in [0, 0.1) is 0 Å². The average Bonchev–Trinajstić information content (AvgIpc) is 2.73. The van der Waals surface area contributed by atoms with Gasteiger partial charge in [0.25, 0.3) is 0 Å². The standard InChI is InChI=1S/C14H29N3O2/c1-5-17-10-6-7-12(17)11-15-8-9-16-13(18)19-14(2,3)4/h12,15H,5-11H2,1-4H3,(H,16,18). The monoisotopic (exact) mass is 271 g/mol. The van der Waals surface area contributed by atoms with Crippen molar-refractivity contribution in [3.8, 4) is 0 Å². The van der Waals surface area contributed by atoms with Gasteiger partial charge in [-0.05, 0) is 46.7 Å². The number of likely N-dealkylation sites (tertiary alicyclic amines) is 1. The van der Waals surface area contributed by atoms with Gasteiger partial charge in [0.1, 0.15) is 5.60 Å². The molecule has 1 unspecified atom stereocenters. The summed E-state index contributed by atoms with van der Waals surface area (Å²) >= 11 is 0. The molecule has 1 aliphatic rings. The maximum absolute atomic E-state index is 11.4. The fourth-order valence-corrected chi connectivity index (χ4v) is 2.38. The predicted molar refractivity (Wildman–Crippen MR) is 77.4 cm³/mol. The van der Waals surface area contributed by atoms with E-state index in [0.717, 1.165) is 19.6 Å². The Morgan fingerprint density at radius 1 is 1.37 bits per heavy atom. The SMILES string of the molecule is CCN1CCCC1CNCCNC(=O)OC(C)(C)C. The molecule has 1 fully saturated rings. The molecular formula is C14H29N3O2. The number of hydrogen-bond donors (Lipinski definition) is 2. The summed E-state index contributed by atoms with van der Waals surface area (Å²) in [5.74, 6) is 0. The van der Waals surface area contributed by atoms with Crippen molar-refractivity contribution in [2.45, 2.75) is 52.2 Å². The smallest absolute Gasteiger partial charge is 0.407 e. The first-order valence-corrected chi connectivity index (χ1v) is 7.34. The average molecular weight is 271 g/mol. The van der Waals surface area contributed by atoms with Crippen molar-refractivity contribution in [2.75, 3.05) is 32.7 Å². The quantitative estimate of drug-likeness (QED) is 0.720. The van der Waals surface area contributed by atoms with E-state index in [1.807, 2.05) is 20.8 Å². The molecule has 0 bridgehead atoms. The normalized spacial score (nSPS) is 20.5. The molecule has 1 rings (SSSR count). The zero-order valence-electron chi connectivity index (χ0n) is 12.8. The summed E-state index contributed by atoms with van der Waals surface area (Å²) in [6, 6.07) is 0.659. The van der Waals surface area contributed by atoms with Gasteiger partial charge in [0.15, 0.2) is 0 Å². The zero-order valence-corrected chi connectivity index (χ0v) is 12.8. The first-order chi connectivity index (χ1) is 8.92. The van der Waals surface area contributed by atoms with Crippen molar-refractivity contribution in [1.29, 1.82) is 0 Å². The van der Waals surface area contributed by atoms with Gasteiger partial charge >= 0.3 is 6.09 Å². The first-order valence-electron chi connectivity index (χ1n) is 7.34. The van der Waals surface area contributed by atoms with Crippen LogP contribution >= 0.6 is 0 Å². The number of rotatable bonds is 6. The third-order valence-electron chi connectivity index (χ3n) is 3.26. The lowest BCUT2D eigenvalue weighted by molar-refractivity contribution is 0.0528. The van der Waals surface area contributed by atoms with E-state index in [2.05, 4.69) is 22.5 Å². The summed E-state index contributed by atoms with van der Waals surface area (Å²) < 4.78 is 5.17. The summed E-state index contributed by atoms with van der Waals surface area (Å²) in [6.45, 7) is 12.5. The highest BCUT2D eigenvalue weighted by Gasteiger charge is 2.22. The lowest BCUT2D eigenvalue weighted by Gasteiger charge is -2.23. The number of nitrogens with zero attached hydrogens (tertiary/aromatic N) is 1. The molecule has 1 saturated heterocycles. The Bertz CT molecular complexity index is 276. The molecule has 0 aromatic heterocycles. The molecule has 5 nitrogen and oxygen atoms in total. The van der Waals surface area contributed by atoms with Gasteiger partial charge in [-0.15, -0.1) is 0 Å². The zero-order chi connectivity index (χ0) is 14.3. The van der Waals surface area contributed by atoms with Crippen molar-refractivity contribution in [1.82, 2.24) is 15.5 Å². The van der Waals surface area contributed by atoms with E-state index >= 15 is 0 Å². The van der Waals surface area contributed by atoms with E-state index in [0.29, 0.717) is 12.6 Å². The molecule has 112 valence electrons. The molecule has 1 atom stereocenters. The molecule has 0 radical (unpaired) electrons. The number of carbonyl (C=O) groups is 1. The number of amides is 1. The summed E-state index contributed by atoms with van der Waals surface area (Å²) in [7, 11) is 0. The van der Waals surface area contributed by atoms with Gasteiger partial charge < -0.3 is 15.4 Å². The Morgan fingerprint density at radius 3 is 2.74 bits per heavy atom. The van der Waals surface area contributed by atoms with Crippen LogP contribution in [0.4, 0.5) is 4.79 Å². The van der Waals surface area contributed by atoms with Crippen molar-refractivity contribution in [3.05, 3.63) is 0 Å². The number of ether oxygens (including phenoxy) is 1. The van der Waals surface area contributed by atoms with Gasteiger partial charge in [-0.2, -0.15) is 0 Å². The fourth-order valence-electron chi connectivity index (χ4n) is 2.38. The Morgan fingerprint density at radius 2 is 2.11 bits per heavy atom. The molecule has 19 heavy (non-hydrogen) atoms. The second-order valence-corrected chi connectivity index (χ2v) is 6.06. The van der Waals surface area contributed by atoms with Crippen LogP contribution < -0.4 is 10.6 Å². The second kappa shape index (κ2) is 7.70. The van der Waals surface area contributed by atoms with Gasteiger partial charge in [0.05, 0.1) is 0 Å². The van der Waals surface area contributed by atoms with Gasteiger partial charge in [-0.25, -0.2) is 4.79 Å². The summed E-state index contributed by atoms with van der Waals surface area (Å²) in [6.07, 6.45) is 2.24. The Hall–Kier alpha value is -0.810. The van der Waals surface area contributed by atoms with Crippen molar-refractivity contribution in [3.63, 3.8) is 0 Å². The molecule has 2 N–H and O–H groups in total. The van der Waals surface area contributed by atoms with Crippen LogP contribution in [0.25, 0.3) is 0 Å². The first kappa shape index (κ1) is 16.2. The highest BCUT2D eigenvalue weighted by atomic mass is 16.6. The van der Waals surface area contributed by atoms with Crippen molar-refractivity contribution >= 4 is 6.09 Å². The molecule has 0 aliphatic carbocycles. The predicted octanol–water partition coefficient (Wildman–Crippen LogP) is 1.58. The molecule has 0 aromatic carbocycles. The van der Waals surface area contributed by atoms with Crippen LogP contribution in [0.5, 0.6) is 0 Å². The molecule has 5 heteroatoms. The fraction of sp³-hybridized carbons (Fsp3) is 0.929. The molecule has 0 spiro atoms. The minimum Gasteiger partial charge on any atom is -0.444 e. The third kappa shape index (κ3) is 6.78. The number of carbonyl (C=O) groups excluding carboxylic acids is 1. The maximum atomic E-state index is 11.4. The van der Waals surface area contributed by atoms with E-state index in [4.69, 9.17) is 4.74 Å². The van der Waals surface area contributed by atoms with Gasteiger partial charge in [-0.1, -0.05) is 6.92 Å². The van der Waals surface area contributed by atoms with Crippen LogP contribution in [-0.2, 0) is 4.74 Å². The molecule has 1 heterocycles. The minimum atomic E-state index is -0.428. The Balaban J connectivity index is 2.03. The lowest BCUT2D eigenvalue weighted by atomic mass is 10.2. The number of nitrogens with one attached hydrogen (secondary N) is 2. The van der Waals surface area contributed by atoms with E-state index < -0.39 is 5.60 Å². The Labute approximate surface area is 117 Å². The molecule has 0 saturated carbocycles. The number of alkyl carbamates (subject to hydrolysis) is 1. The molecule has 0 aromatic rings. The van der Waals surface area contributed by atoms with Crippen LogP contribution in [0.3, 0.4) is 0 Å². The molecule has 1 aliphatic heterocycles. The van der Waals surface area contributed by atoms with Gasteiger partial charge in [0, 0.05) is 25.7 Å². The molecular weight excluding hydrogens is 242 g/mol. The topological polar surface area (TPSA) is 53.6 Å². The van der Waals surface area contributed by atoms with E-state index in [1.165, 1.54) is 19.4 Å². The van der Waals surface area contributed by atoms with Crippen molar-refractivity contribution in [2.24, 2.45) is 0 Å². The minimum absolute atomic E-state index is 0.342. The third-order valence-corrected chi connectivity index (χ3v) is 3.26. The largest absolute Gasteiger partial charge is 0.444 e. The number of likely N-dealkylation sites (N-methyl/N-ethyl adjacent to an activating group) is 1. The van der Waals surface area contributed by atoms with E-state index in [9.17, 15) is 4.79 Å². The van der Waals surface area contributed by atoms with E-state index in [-0.39, 0.29) is 6.09 Å². The molecule has 1 amide bonds. The van der Waals surface area contributed by atoms with Gasteiger partial charge in [-0.3, -0.25) is 4.90 Å². The number of hydrogen-bond acceptors (Lipinski definition) is 4. The van der Waals surface area contributed by atoms with Crippen LogP contribution in [-0.4, -0.2) is 55.4 Å². The van der Waals surface area contributed by atoms with Crippen molar-refractivity contribution < 1.29 is 9.53 Å². The summed E-state index contributed by atoms with van der Waals surface area (Å²) in [4.78, 5) is 13.9. The second-order valence-electron chi connectivity index (χ2n) is 6.06. The van der Waals surface area contributed by atoms with Gasteiger partial charge in [0.2, 0.25) is 0 Å².